The number of nitrogens with one attached hydrogen (secondary N) is 1. The van der Waals surface area contributed by atoms with E-state index in [2.05, 4.69) is 10.3 Å². The van der Waals surface area contributed by atoms with Crippen molar-refractivity contribution in [3.05, 3.63) is 30.1 Å². The van der Waals surface area contributed by atoms with Crippen molar-refractivity contribution in [2.24, 2.45) is 11.7 Å². The zero-order valence-corrected chi connectivity index (χ0v) is 9.81. The molecule has 88 valence electrons. The highest BCUT2D eigenvalue weighted by atomic mass is 16.1. The third kappa shape index (κ3) is 3.62. The Kier molecular flexibility index (Phi) is 4.92. The average Bonchev–Trinajstić information content (AvgIpc) is 2.30. The van der Waals surface area contributed by atoms with E-state index in [4.69, 9.17) is 5.73 Å². The summed E-state index contributed by atoms with van der Waals surface area (Å²) in [4.78, 5) is 15.8. The Morgan fingerprint density at radius 2 is 2.31 bits per heavy atom. The van der Waals surface area contributed by atoms with Gasteiger partial charge in [-0.05, 0) is 31.5 Å². The van der Waals surface area contributed by atoms with Gasteiger partial charge in [-0.1, -0.05) is 13.0 Å². The molecule has 4 nitrogen and oxygen atoms in total. The van der Waals surface area contributed by atoms with E-state index in [-0.39, 0.29) is 17.9 Å². The molecule has 3 N–H and O–H groups in total. The molecule has 4 heteroatoms. The maximum absolute atomic E-state index is 11.7. The van der Waals surface area contributed by atoms with Gasteiger partial charge in [-0.3, -0.25) is 9.78 Å². The lowest BCUT2D eigenvalue weighted by Crippen LogP contribution is -2.32. The highest BCUT2D eigenvalue weighted by molar-refractivity contribution is 5.78. The molecule has 1 heterocycles. The SMILES string of the molecule is CC(CCN)C(=O)NC(C)c1cccnc1. The molecule has 0 saturated heterocycles. The smallest absolute Gasteiger partial charge is 0.223 e. The topological polar surface area (TPSA) is 68.0 Å². The summed E-state index contributed by atoms with van der Waals surface area (Å²) >= 11 is 0. The molecule has 0 spiro atoms. The first-order chi connectivity index (χ1) is 7.65. The molecule has 1 rings (SSSR count). The van der Waals surface area contributed by atoms with Crippen molar-refractivity contribution in [1.29, 1.82) is 0 Å². The van der Waals surface area contributed by atoms with Gasteiger partial charge >= 0.3 is 0 Å². The van der Waals surface area contributed by atoms with Crippen molar-refractivity contribution < 1.29 is 4.79 Å². The lowest BCUT2D eigenvalue weighted by molar-refractivity contribution is -0.125. The summed E-state index contributed by atoms with van der Waals surface area (Å²) in [6.45, 7) is 4.37. The zero-order valence-electron chi connectivity index (χ0n) is 9.81. The van der Waals surface area contributed by atoms with Gasteiger partial charge in [-0.15, -0.1) is 0 Å². The summed E-state index contributed by atoms with van der Waals surface area (Å²) in [6.07, 6.45) is 4.19. The molecule has 0 saturated carbocycles. The average molecular weight is 221 g/mol. The van der Waals surface area contributed by atoms with Crippen LogP contribution < -0.4 is 11.1 Å². The number of amides is 1. The first-order valence-corrected chi connectivity index (χ1v) is 5.55. The van der Waals surface area contributed by atoms with E-state index in [1.807, 2.05) is 26.0 Å². The summed E-state index contributed by atoms with van der Waals surface area (Å²) < 4.78 is 0. The van der Waals surface area contributed by atoms with Crippen LogP contribution in [0.5, 0.6) is 0 Å². The number of nitrogens with zero attached hydrogens (tertiary/aromatic N) is 1. The summed E-state index contributed by atoms with van der Waals surface area (Å²) in [5.41, 5.74) is 6.43. The predicted molar refractivity (Wildman–Crippen MR) is 63.6 cm³/mol. The summed E-state index contributed by atoms with van der Waals surface area (Å²) in [5, 5.41) is 2.95. The second-order valence-electron chi connectivity index (χ2n) is 4.00. The highest BCUT2D eigenvalue weighted by Crippen LogP contribution is 2.11. The number of nitrogens with two attached hydrogens (primary N) is 1. The van der Waals surface area contributed by atoms with Crippen LogP contribution in [0.2, 0.25) is 0 Å². The van der Waals surface area contributed by atoms with E-state index in [0.29, 0.717) is 13.0 Å². The van der Waals surface area contributed by atoms with Gasteiger partial charge in [0.1, 0.15) is 0 Å². The molecule has 1 aromatic rings. The predicted octanol–water partition coefficient (Wildman–Crippen LogP) is 1.24. The van der Waals surface area contributed by atoms with Crippen LogP contribution in [0, 0.1) is 5.92 Å². The lowest BCUT2D eigenvalue weighted by Gasteiger charge is -2.17. The van der Waals surface area contributed by atoms with Crippen molar-refractivity contribution in [2.75, 3.05) is 6.54 Å². The molecule has 0 aliphatic heterocycles. The van der Waals surface area contributed by atoms with Gasteiger partial charge in [0.25, 0.3) is 0 Å². The van der Waals surface area contributed by atoms with E-state index in [0.717, 1.165) is 5.56 Å². The Bertz CT molecular complexity index is 326. The van der Waals surface area contributed by atoms with Crippen molar-refractivity contribution in [2.45, 2.75) is 26.3 Å². The maximum atomic E-state index is 11.7. The van der Waals surface area contributed by atoms with Crippen LogP contribution in [-0.4, -0.2) is 17.4 Å². The number of hydrogen-bond donors (Lipinski definition) is 2. The van der Waals surface area contributed by atoms with Gasteiger partial charge in [-0.2, -0.15) is 0 Å². The van der Waals surface area contributed by atoms with Crippen LogP contribution in [0.25, 0.3) is 0 Å². The number of carbonyl (C=O) groups excluding carboxylic acids is 1. The Morgan fingerprint density at radius 1 is 1.56 bits per heavy atom. The van der Waals surface area contributed by atoms with Crippen molar-refractivity contribution in [3.8, 4) is 0 Å². The number of aromatic nitrogens is 1. The molecule has 1 amide bonds. The molecule has 0 radical (unpaired) electrons. The van der Waals surface area contributed by atoms with Gasteiger partial charge < -0.3 is 11.1 Å². The standard InChI is InChI=1S/C12H19N3O/c1-9(5-6-13)12(16)15-10(2)11-4-3-7-14-8-11/h3-4,7-10H,5-6,13H2,1-2H3,(H,15,16). The molecule has 0 aliphatic rings. The molecule has 0 fully saturated rings. The van der Waals surface area contributed by atoms with Crippen LogP contribution in [0.3, 0.4) is 0 Å². The molecule has 1 aromatic heterocycles. The molecule has 0 bridgehead atoms. The van der Waals surface area contributed by atoms with Gasteiger partial charge in [0, 0.05) is 18.3 Å². The van der Waals surface area contributed by atoms with E-state index in [1.54, 1.807) is 12.4 Å². The Morgan fingerprint density at radius 3 is 2.88 bits per heavy atom. The minimum atomic E-state index is -0.0379. The summed E-state index contributed by atoms with van der Waals surface area (Å²) in [5.74, 6) is 0.00549. The summed E-state index contributed by atoms with van der Waals surface area (Å²) in [6, 6.07) is 3.80. The number of pyridine rings is 1. The Labute approximate surface area is 96.3 Å². The molecular weight excluding hydrogens is 202 g/mol. The second-order valence-corrected chi connectivity index (χ2v) is 4.00. The fourth-order valence-corrected chi connectivity index (χ4v) is 1.45. The van der Waals surface area contributed by atoms with E-state index in [9.17, 15) is 4.79 Å². The van der Waals surface area contributed by atoms with E-state index >= 15 is 0 Å². The summed E-state index contributed by atoms with van der Waals surface area (Å²) in [7, 11) is 0. The van der Waals surface area contributed by atoms with Crippen LogP contribution >= 0.6 is 0 Å². The fourth-order valence-electron chi connectivity index (χ4n) is 1.45. The third-order valence-electron chi connectivity index (χ3n) is 2.59. The van der Waals surface area contributed by atoms with Crippen LogP contribution in [0.15, 0.2) is 24.5 Å². The molecular formula is C12H19N3O. The molecule has 0 aliphatic carbocycles. The lowest BCUT2D eigenvalue weighted by atomic mass is 10.1. The monoisotopic (exact) mass is 221 g/mol. The largest absolute Gasteiger partial charge is 0.349 e. The van der Waals surface area contributed by atoms with Crippen LogP contribution in [-0.2, 0) is 4.79 Å². The second kappa shape index (κ2) is 6.23. The van der Waals surface area contributed by atoms with E-state index < -0.39 is 0 Å². The minimum absolute atomic E-state index is 0.0126. The molecule has 0 aromatic carbocycles. The first kappa shape index (κ1) is 12.6. The quantitative estimate of drug-likeness (QED) is 0.786. The minimum Gasteiger partial charge on any atom is -0.349 e. The molecule has 2 unspecified atom stereocenters. The zero-order chi connectivity index (χ0) is 12.0. The van der Waals surface area contributed by atoms with Crippen LogP contribution in [0.1, 0.15) is 31.9 Å². The fraction of sp³-hybridized carbons (Fsp3) is 0.500. The van der Waals surface area contributed by atoms with Crippen molar-refractivity contribution in [3.63, 3.8) is 0 Å². The van der Waals surface area contributed by atoms with Gasteiger partial charge in [0.2, 0.25) is 5.91 Å². The van der Waals surface area contributed by atoms with Crippen molar-refractivity contribution in [1.82, 2.24) is 10.3 Å². The molecule has 16 heavy (non-hydrogen) atoms. The Balaban J connectivity index is 2.51. The number of hydrogen-bond acceptors (Lipinski definition) is 3. The number of carbonyl (C=O) groups is 1. The maximum Gasteiger partial charge on any atom is 0.223 e. The van der Waals surface area contributed by atoms with Crippen molar-refractivity contribution >= 4 is 5.91 Å². The van der Waals surface area contributed by atoms with Crippen LogP contribution in [0.4, 0.5) is 0 Å². The Hall–Kier alpha value is -1.42. The number of rotatable bonds is 5. The van der Waals surface area contributed by atoms with Gasteiger partial charge in [-0.25, -0.2) is 0 Å². The first-order valence-electron chi connectivity index (χ1n) is 5.55. The van der Waals surface area contributed by atoms with E-state index in [1.165, 1.54) is 0 Å². The third-order valence-corrected chi connectivity index (χ3v) is 2.59. The highest BCUT2D eigenvalue weighted by Gasteiger charge is 2.15. The van der Waals surface area contributed by atoms with Gasteiger partial charge in [0.15, 0.2) is 0 Å². The molecule has 2 atom stereocenters. The normalized spacial score (nSPS) is 14.2. The van der Waals surface area contributed by atoms with Gasteiger partial charge in [0.05, 0.1) is 6.04 Å².